The average Bonchev–Trinajstić information content (AvgIpc) is 3.14. The molecule has 0 saturated heterocycles. The van der Waals surface area contributed by atoms with Crippen LogP contribution >= 0.6 is 0 Å². The van der Waals surface area contributed by atoms with Crippen LogP contribution in [0.5, 0.6) is 0 Å². The molecular weight excluding hydrogens is 318 g/mol. The number of urea groups is 1. The molecule has 2 N–H and O–H groups in total. The summed E-state index contributed by atoms with van der Waals surface area (Å²) in [5, 5.41) is 9.93. The number of rotatable bonds is 5. The van der Waals surface area contributed by atoms with Crippen LogP contribution in [0.25, 0.3) is 0 Å². The molecule has 2 amide bonds. The second-order valence-electron chi connectivity index (χ2n) is 5.94. The van der Waals surface area contributed by atoms with Crippen LogP contribution in [0, 0.1) is 13.8 Å². The van der Waals surface area contributed by atoms with Crippen molar-refractivity contribution in [2.45, 2.75) is 33.4 Å². The number of nitrogens with one attached hydrogen (secondary N) is 2. The van der Waals surface area contributed by atoms with Crippen molar-refractivity contribution < 1.29 is 9.21 Å². The van der Waals surface area contributed by atoms with Gasteiger partial charge in [-0.2, -0.15) is 5.10 Å². The molecule has 1 unspecified atom stereocenters. The van der Waals surface area contributed by atoms with Crippen molar-refractivity contribution >= 4 is 11.7 Å². The Bertz CT molecular complexity index is 853. The lowest BCUT2D eigenvalue weighted by Gasteiger charge is -2.13. The first-order valence-corrected chi connectivity index (χ1v) is 8.08. The van der Waals surface area contributed by atoms with Gasteiger partial charge in [-0.3, -0.25) is 9.67 Å². The molecule has 25 heavy (non-hydrogen) atoms. The molecule has 1 atom stereocenters. The fourth-order valence-corrected chi connectivity index (χ4v) is 2.69. The van der Waals surface area contributed by atoms with Crippen LogP contribution in [-0.2, 0) is 6.54 Å². The van der Waals surface area contributed by atoms with E-state index in [9.17, 15) is 4.79 Å². The predicted octanol–water partition coefficient (Wildman–Crippen LogP) is 3.42. The first kappa shape index (κ1) is 16.8. The molecule has 3 aromatic heterocycles. The van der Waals surface area contributed by atoms with Crippen LogP contribution < -0.4 is 10.6 Å². The molecule has 0 spiro atoms. The minimum Gasteiger partial charge on any atom is -0.466 e. The largest absolute Gasteiger partial charge is 0.466 e. The van der Waals surface area contributed by atoms with Gasteiger partial charge >= 0.3 is 6.03 Å². The van der Waals surface area contributed by atoms with Gasteiger partial charge in [0.15, 0.2) is 0 Å². The van der Waals surface area contributed by atoms with Crippen molar-refractivity contribution in [3.63, 3.8) is 0 Å². The lowest BCUT2D eigenvalue weighted by atomic mass is 10.1. The van der Waals surface area contributed by atoms with E-state index >= 15 is 0 Å². The van der Waals surface area contributed by atoms with E-state index in [4.69, 9.17) is 4.42 Å². The van der Waals surface area contributed by atoms with Gasteiger partial charge in [-0.1, -0.05) is 6.07 Å². The number of hydrogen-bond donors (Lipinski definition) is 2. The lowest BCUT2D eigenvalue weighted by molar-refractivity contribution is 0.249. The van der Waals surface area contributed by atoms with E-state index in [1.807, 2.05) is 45.0 Å². The molecule has 3 heterocycles. The molecule has 0 aromatic carbocycles. The fourth-order valence-electron chi connectivity index (χ4n) is 2.69. The fraction of sp³-hybridized carbons (Fsp3) is 0.278. The third-order valence-electron chi connectivity index (χ3n) is 3.83. The van der Waals surface area contributed by atoms with Gasteiger partial charge < -0.3 is 15.1 Å². The summed E-state index contributed by atoms with van der Waals surface area (Å²) in [4.78, 5) is 16.4. The highest BCUT2D eigenvalue weighted by atomic mass is 16.3. The lowest BCUT2D eigenvalue weighted by Crippen LogP contribution is -2.31. The van der Waals surface area contributed by atoms with Gasteiger partial charge in [-0.05, 0) is 39.0 Å². The van der Waals surface area contributed by atoms with E-state index in [2.05, 4.69) is 20.7 Å². The number of carbonyl (C=O) groups is 1. The molecule has 0 radical (unpaired) electrons. The Labute approximate surface area is 146 Å². The van der Waals surface area contributed by atoms with Gasteiger partial charge in [0, 0.05) is 18.0 Å². The molecule has 0 aliphatic carbocycles. The zero-order chi connectivity index (χ0) is 17.8. The van der Waals surface area contributed by atoms with Crippen LogP contribution in [0.15, 0.2) is 47.3 Å². The molecular formula is C18H21N5O2. The minimum absolute atomic E-state index is 0.152. The van der Waals surface area contributed by atoms with Crippen molar-refractivity contribution in [2.24, 2.45) is 0 Å². The molecule has 0 fully saturated rings. The van der Waals surface area contributed by atoms with E-state index in [0.717, 1.165) is 22.8 Å². The zero-order valence-electron chi connectivity index (χ0n) is 14.5. The third kappa shape index (κ3) is 4.26. The summed E-state index contributed by atoms with van der Waals surface area (Å²) in [7, 11) is 0. The third-order valence-corrected chi connectivity index (χ3v) is 3.83. The van der Waals surface area contributed by atoms with Crippen molar-refractivity contribution in [3.8, 4) is 0 Å². The Kier molecular flexibility index (Phi) is 4.83. The maximum absolute atomic E-state index is 12.2. The summed E-state index contributed by atoms with van der Waals surface area (Å²) in [6, 6.07) is 7.22. The Morgan fingerprint density at radius 1 is 1.36 bits per heavy atom. The van der Waals surface area contributed by atoms with Crippen LogP contribution in [0.4, 0.5) is 10.5 Å². The van der Waals surface area contributed by atoms with E-state index in [0.29, 0.717) is 12.2 Å². The Morgan fingerprint density at radius 3 is 2.88 bits per heavy atom. The Morgan fingerprint density at radius 2 is 2.20 bits per heavy atom. The summed E-state index contributed by atoms with van der Waals surface area (Å²) in [6.45, 7) is 6.24. The number of amides is 2. The van der Waals surface area contributed by atoms with E-state index in [1.165, 1.54) is 0 Å². The minimum atomic E-state index is -0.289. The van der Waals surface area contributed by atoms with E-state index in [1.54, 1.807) is 23.3 Å². The number of hydrogen-bond acceptors (Lipinski definition) is 4. The number of anilines is 1. The molecule has 130 valence electrons. The number of furan rings is 1. The van der Waals surface area contributed by atoms with Crippen LogP contribution in [0.3, 0.4) is 0 Å². The molecule has 7 heteroatoms. The Balaban J connectivity index is 1.57. The van der Waals surface area contributed by atoms with Crippen LogP contribution in [-0.4, -0.2) is 20.8 Å². The molecule has 7 nitrogen and oxygen atoms in total. The number of nitrogens with zero attached hydrogens (tertiary/aromatic N) is 3. The second kappa shape index (κ2) is 7.21. The van der Waals surface area contributed by atoms with Crippen molar-refractivity contribution in [3.05, 3.63) is 65.6 Å². The summed E-state index contributed by atoms with van der Waals surface area (Å²) < 4.78 is 7.23. The number of aromatic nitrogens is 3. The standard InChI is InChI=1S/C18H21N5O2/c1-12-8-17(14(3)25-12)13(2)21-18(24)22-16-9-20-23(11-16)10-15-6-4-5-7-19-15/h4-9,11,13H,10H2,1-3H3,(H2,21,22,24). The van der Waals surface area contributed by atoms with Gasteiger partial charge in [0.05, 0.1) is 30.2 Å². The van der Waals surface area contributed by atoms with Crippen LogP contribution in [0.1, 0.15) is 35.7 Å². The highest BCUT2D eigenvalue weighted by molar-refractivity contribution is 5.89. The maximum Gasteiger partial charge on any atom is 0.319 e. The van der Waals surface area contributed by atoms with Gasteiger partial charge in [0.1, 0.15) is 11.5 Å². The maximum atomic E-state index is 12.2. The summed E-state index contributed by atoms with van der Waals surface area (Å²) in [5.74, 6) is 1.64. The molecule has 3 aromatic rings. The van der Waals surface area contributed by atoms with E-state index in [-0.39, 0.29) is 12.1 Å². The molecule has 3 rings (SSSR count). The van der Waals surface area contributed by atoms with Crippen molar-refractivity contribution in [1.29, 1.82) is 0 Å². The van der Waals surface area contributed by atoms with Gasteiger partial charge in [0.25, 0.3) is 0 Å². The van der Waals surface area contributed by atoms with Gasteiger partial charge in [-0.15, -0.1) is 0 Å². The number of carbonyl (C=O) groups excluding carboxylic acids is 1. The predicted molar refractivity (Wildman–Crippen MR) is 94.3 cm³/mol. The monoisotopic (exact) mass is 339 g/mol. The first-order chi connectivity index (χ1) is 12.0. The summed E-state index contributed by atoms with van der Waals surface area (Å²) in [5.41, 5.74) is 2.50. The SMILES string of the molecule is Cc1cc(C(C)NC(=O)Nc2cnn(Cc3ccccn3)c2)c(C)o1. The topological polar surface area (TPSA) is 85.0 Å². The molecule has 0 aliphatic heterocycles. The molecule has 0 bridgehead atoms. The Hall–Kier alpha value is -3.09. The van der Waals surface area contributed by atoms with Crippen molar-refractivity contribution in [1.82, 2.24) is 20.1 Å². The summed E-state index contributed by atoms with van der Waals surface area (Å²) in [6.07, 6.45) is 5.12. The number of aryl methyl sites for hydroxylation is 2. The van der Waals surface area contributed by atoms with Crippen LogP contribution in [0.2, 0.25) is 0 Å². The molecule has 0 saturated carbocycles. The quantitative estimate of drug-likeness (QED) is 0.746. The summed E-state index contributed by atoms with van der Waals surface area (Å²) >= 11 is 0. The normalized spacial score (nSPS) is 12.0. The molecule has 0 aliphatic rings. The van der Waals surface area contributed by atoms with E-state index < -0.39 is 0 Å². The average molecular weight is 339 g/mol. The highest BCUT2D eigenvalue weighted by Gasteiger charge is 2.15. The van der Waals surface area contributed by atoms with Gasteiger partial charge in [-0.25, -0.2) is 4.79 Å². The van der Waals surface area contributed by atoms with Crippen molar-refractivity contribution in [2.75, 3.05) is 5.32 Å². The second-order valence-corrected chi connectivity index (χ2v) is 5.94. The first-order valence-electron chi connectivity index (χ1n) is 8.08. The van der Waals surface area contributed by atoms with Gasteiger partial charge in [0.2, 0.25) is 0 Å². The smallest absolute Gasteiger partial charge is 0.319 e. The zero-order valence-corrected chi connectivity index (χ0v) is 14.5. The number of pyridine rings is 1. The highest BCUT2D eigenvalue weighted by Crippen LogP contribution is 2.21.